The number of oxazole rings is 1. The van der Waals surface area contributed by atoms with Gasteiger partial charge in [-0.3, -0.25) is 9.59 Å². The van der Waals surface area contributed by atoms with Crippen molar-refractivity contribution in [2.24, 2.45) is 5.92 Å². The minimum Gasteiger partial charge on any atom is -0.436 e. The topological polar surface area (TPSA) is 63.4 Å². The van der Waals surface area contributed by atoms with E-state index < -0.39 is 11.2 Å². The van der Waals surface area contributed by atoms with E-state index in [1.807, 2.05) is 24.3 Å². The molecule has 3 aromatic rings. The van der Waals surface area contributed by atoms with E-state index in [0.29, 0.717) is 27.7 Å². The molecule has 126 valence electrons. The van der Waals surface area contributed by atoms with E-state index in [4.69, 9.17) is 27.6 Å². The van der Waals surface area contributed by atoms with Gasteiger partial charge in [-0.15, -0.1) is 0 Å². The summed E-state index contributed by atoms with van der Waals surface area (Å²) < 4.78 is 5.76. The van der Waals surface area contributed by atoms with Crippen LogP contribution in [0.4, 0.5) is 5.69 Å². The SMILES string of the molecule is O=C(Cl)[C@H]1CC(=O)N(c2cc(-c3nc4ccccc4o3)ccc2Cl)C1. The second-order valence-electron chi connectivity index (χ2n) is 5.86. The molecular formula is C18H12Cl2N2O3. The third kappa shape index (κ3) is 2.90. The van der Waals surface area contributed by atoms with Crippen LogP contribution in [-0.4, -0.2) is 22.7 Å². The summed E-state index contributed by atoms with van der Waals surface area (Å²) in [6.07, 6.45) is 0.0891. The van der Waals surface area contributed by atoms with Gasteiger partial charge < -0.3 is 9.32 Å². The Morgan fingerprint density at radius 1 is 1.24 bits per heavy atom. The van der Waals surface area contributed by atoms with Gasteiger partial charge in [0.25, 0.3) is 0 Å². The number of fused-ring (bicyclic) bond motifs is 1. The first kappa shape index (κ1) is 16.1. The van der Waals surface area contributed by atoms with Gasteiger partial charge in [0.15, 0.2) is 5.58 Å². The van der Waals surface area contributed by atoms with Crippen LogP contribution < -0.4 is 4.90 Å². The van der Waals surface area contributed by atoms with Gasteiger partial charge in [0, 0.05) is 18.5 Å². The molecule has 1 atom stereocenters. The number of hydrogen-bond acceptors (Lipinski definition) is 4. The summed E-state index contributed by atoms with van der Waals surface area (Å²) >= 11 is 11.8. The number of hydrogen-bond donors (Lipinski definition) is 0. The molecule has 1 aromatic heterocycles. The van der Waals surface area contributed by atoms with Crippen LogP contribution in [0.1, 0.15) is 6.42 Å². The zero-order valence-corrected chi connectivity index (χ0v) is 14.4. The number of carbonyl (C=O) groups excluding carboxylic acids is 2. The van der Waals surface area contributed by atoms with Gasteiger partial charge in [0.05, 0.1) is 16.6 Å². The van der Waals surface area contributed by atoms with Gasteiger partial charge in [-0.2, -0.15) is 0 Å². The molecule has 0 bridgehead atoms. The zero-order chi connectivity index (χ0) is 17.6. The van der Waals surface area contributed by atoms with Crippen molar-refractivity contribution in [2.75, 3.05) is 11.4 Å². The molecule has 7 heteroatoms. The van der Waals surface area contributed by atoms with Crippen molar-refractivity contribution in [1.29, 1.82) is 0 Å². The maximum Gasteiger partial charge on any atom is 0.227 e. The molecule has 4 rings (SSSR count). The number of halogens is 2. The van der Waals surface area contributed by atoms with Crippen LogP contribution in [0, 0.1) is 5.92 Å². The van der Waals surface area contributed by atoms with E-state index in [1.54, 1.807) is 18.2 Å². The number of aromatic nitrogens is 1. The molecule has 1 fully saturated rings. The largest absolute Gasteiger partial charge is 0.436 e. The molecule has 0 spiro atoms. The Hall–Kier alpha value is -2.37. The summed E-state index contributed by atoms with van der Waals surface area (Å²) in [4.78, 5) is 29.6. The first-order chi connectivity index (χ1) is 12.0. The molecule has 1 saturated heterocycles. The minimum absolute atomic E-state index is 0.0891. The predicted molar refractivity (Wildman–Crippen MR) is 95.8 cm³/mol. The van der Waals surface area contributed by atoms with E-state index in [9.17, 15) is 9.59 Å². The first-order valence-electron chi connectivity index (χ1n) is 7.68. The van der Waals surface area contributed by atoms with Crippen molar-refractivity contribution in [2.45, 2.75) is 6.42 Å². The molecule has 1 amide bonds. The lowest BCUT2D eigenvalue weighted by Gasteiger charge is -2.18. The molecule has 0 aliphatic carbocycles. The molecule has 2 heterocycles. The number of amides is 1. The Morgan fingerprint density at radius 2 is 2.04 bits per heavy atom. The first-order valence-corrected chi connectivity index (χ1v) is 8.44. The Labute approximate surface area is 153 Å². The summed E-state index contributed by atoms with van der Waals surface area (Å²) in [5.74, 6) is -0.260. The van der Waals surface area contributed by atoms with Gasteiger partial charge in [-0.1, -0.05) is 23.7 Å². The normalized spacial score (nSPS) is 17.4. The van der Waals surface area contributed by atoms with E-state index >= 15 is 0 Å². The molecule has 0 saturated carbocycles. The maximum atomic E-state index is 12.2. The summed E-state index contributed by atoms with van der Waals surface area (Å²) in [5, 5.41) is -0.0991. The predicted octanol–water partition coefficient (Wildman–Crippen LogP) is 4.27. The van der Waals surface area contributed by atoms with E-state index in [2.05, 4.69) is 4.98 Å². The molecule has 25 heavy (non-hydrogen) atoms. The number of benzene rings is 2. The fourth-order valence-corrected chi connectivity index (χ4v) is 3.31. The average molecular weight is 375 g/mol. The molecule has 1 aliphatic rings. The fraction of sp³-hybridized carbons (Fsp3) is 0.167. The maximum absolute atomic E-state index is 12.2. The van der Waals surface area contributed by atoms with Gasteiger partial charge in [0.1, 0.15) is 5.52 Å². The Kier molecular flexibility index (Phi) is 3.98. The summed E-state index contributed by atoms with van der Waals surface area (Å²) in [6, 6.07) is 12.7. The van der Waals surface area contributed by atoms with Crippen LogP contribution in [0.2, 0.25) is 5.02 Å². The van der Waals surface area contributed by atoms with E-state index in [0.717, 1.165) is 5.52 Å². The van der Waals surface area contributed by atoms with Gasteiger partial charge in [-0.25, -0.2) is 4.98 Å². The van der Waals surface area contributed by atoms with Crippen LogP contribution >= 0.6 is 23.2 Å². The second kappa shape index (κ2) is 6.17. The monoisotopic (exact) mass is 374 g/mol. The van der Waals surface area contributed by atoms with Gasteiger partial charge in [0.2, 0.25) is 17.0 Å². The number of para-hydroxylation sites is 2. The number of anilines is 1. The molecule has 0 radical (unpaired) electrons. The molecule has 5 nitrogen and oxygen atoms in total. The highest BCUT2D eigenvalue weighted by Gasteiger charge is 2.35. The van der Waals surface area contributed by atoms with Crippen LogP contribution in [0.5, 0.6) is 0 Å². The highest BCUT2D eigenvalue weighted by molar-refractivity contribution is 6.64. The minimum atomic E-state index is -0.516. The van der Waals surface area contributed by atoms with Crippen molar-refractivity contribution in [3.8, 4) is 11.5 Å². The highest BCUT2D eigenvalue weighted by Crippen LogP contribution is 2.35. The van der Waals surface area contributed by atoms with Crippen LogP contribution in [0.15, 0.2) is 46.9 Å². The summed E-state index contributed by atoms with van der Waals surface area (Å²) in [7, 11) is 0. The number of rotatable bonds is 3. The quantitative estimate of drug-likeness (QED) is 0.642. The standard InChI is InChI=1S/C18H12Cl2N2O3/c19-12-6-5-10(18-21-13-3-1-2-4-15(13)25-18)7-14(12)22-9-11(17(20)24)8-16(22)23/h1-7,11H,8-9H2/t11-/m0/s1. The Bertz CT molecular complexity index is 966. The van der Waals surface area contributed by atoms with Crippen LogP contribution in [-0.2, 0) is 9.59 Å². The lowest BCUT2D eigenvalue weighted by atomic mass is 10.1. The van der Waals surface area contributed by atoms with Gasteiger partial charge >= 0.3 is 0 Å². The van der Waals surface area contributed by atoms with E-state index in [1.165, 1.54) is 4.90 Å². The lowest BCUT2D eigenvalue weighted by molar-refractivity contribution is -0.120. The van der Waals surface area contributed by atoms with Crippen molar-refractivity contribution in [1.82, 2.24) is 4.98 Å². The van der Waals surface area contributed by atoms with Crippen LogP contribution in [0.3, 0.4) is 0 Å². The second-order valence-corrected chi connectivity index (χ2v) is 6.64. The van der Waals surface area contributed by atoms with Crippen molar-refractivity contribution in [3.05, 3.63) is 47.5 Å². The Balaban J connectivity index is 1.74. The molecule has 1 aliphatic heterocycles. The van der Waals surface area contributed by atoms with Crippen molar-refractivity contribution < 1.29 is 14.0 Å². The lowest BCUT2D eigenvalue weighted by Crippen LogP contribution is -2.25. The smallest absolute Gasteiger partial charge is 0.227 e. The summed E-state index contributed by atoms with van der Waals surface area (Å²) in [5.41, 5.74) is 2.65. The van der Waals surface area contributed by atoms with Crippen LogP contribution in [0.25, 0.3) is 22.6 Å². The number of nitrogens with zero attached hydrogens (tertiary/aromatic N) is 2. The van der Waals surface area contributed by atoms with Crippen molar-refractivity contribution >= 4 is 51.1 Å². The third-order valence-electron chi connectivity index (χ3n) is 4.22. The average Bonchev–Trinajstić information content (AvgIpc) is 3.19. The zero-order valence-electron chi connectivity index (χ0n) is 12.9. The van der Waals surface area contributed by atoms with Gasteiger partial charge in [-0.05, 0) is 41.9 Å². The fourth-order valence-electron chi connectivity index (χ4n) is 2.94. The van der Waals surface area contributed by atoms with Crippen molar-refractivity contribution in [3.63, 3.8) is 0 Å². The number of carbonyl (C=O) groups is 2. The Morgan fingerprint density at radius 3 is 2.76 bits per heavy atom. The summed E-state index contributed by atoms with van der Waals surface area (Å²) in [6.45, 7) is 0.220. The molecular weight excluding hydrogens is 363 g/mol. The van der Waals surface area contributed by atoms with E-state index in [-0.39, 0.29) is 18.9 Å². The highest BCUT2D eigenvalue weighted by atomic mass is 35.5. The molecule has 0 N–H and O–H groups in total. The molecule has 2 aromatic carbocycles. The molecule has 0 unspecified atom stereocenters. The third-order valence-corrected chi connectivity index (χ3v) is 4.85.